The number of benzene rings is 3. The summed E-state index contributed by atoms with van der Waals surface area (Å²) in [5.41, 5.74) is 7.60. The lowest BCUT2D eigenvalue weighted by Crippen LogP contribution is -2.15. The molecule has 2 nitrogen and oxygen atoms in total. The van der Waals surface area contributed by atoms with Crippen molar-refractivity contribution in [2.45, 2.75) is 32.4 Å². The van der Waals surface area contributed by atoms with Crippen LogP contribution in [0.4, 0.5) is 11.4 Å². The minimum absolute atomic E-state index is 0.281. The normalized spacial score (nSPS) is 19.3. The van der Waals surface area contributed by atoms with Crippen molar-refractivity contribution >= 4 is 11.4 Å². The van der Waals surface area contributed by atoms with Gasteiger partial charge in [-0.2, -0.15) is 0 Å². The van der Waals surface area contributed by atoms with Crippen LogP contribution in [0.3, 0.4) is 0 Å². The first-order chi connectivity index (χ1) is 12.2. The molecule has 0 aromatic heterocycles. The molecule has 0 fully saturated rings. The average molecular weight is 328 g/mol. The van der Waals surface area contributed by atoms with Crippen LogP contribution in [0.1, 0.15) is 40.8 Å². The summed E-state index contributed by atoms with van der Waals surface area (Å²) >= 11 is 0. The number of fused-ring (bicyclic) bond motifs is 1. The molecule has 2 N–H and O–H groups in total. The van der Waals surface area contributed by atoms with Crippen LogP contribution in [-0.2, 0) is 0 Å². The van der Waals surface area contributed by atoms with Gasteiger partial charge in [-0.15, -0.1) is 0 Å². The standard InChI is InChI=1S/C23H24N2/c1-16-7-11-18(12-8-16)22-15-23(19-13-9-17(2)10-14-19)25-21-6-4-3-5-20(21)24-22/h3-14,22-25H,15H2,1-2H3/t22-,23-/m0/s1. The Kier molecular flexibility index (Phi) is 4.19. The van der Waals surface area contributed by atoms with Crippen LogP contribution in [0, 0.1) is 13.8 Å². The molecule has 1 aliphatic rings. The Morgan fingerprint density at radius 3 is 1.40 bits per heavy atom. The summed E-state index contributed by atoms with van der Waals surface area (Å²) in [6.45, 7) is 4.27. The quantitative estimate of drug-likeness (QED) is 0.601. The molecule has 0 radical (unpaired) electrons. The third-order valence-electron chi connectivity index (χ3n) is 5.02. The molecule has 0 saturated carbocycles. The van der Waals surface area contributed by atoms with Crippen LogP contribution < -0.4 is 10.6 Å². The van der Waals surface area contributed by atoms with E-state index in [0.717, 1.165) is 6.42 Å². The van der Waals surface area contributed by atoms with E-state index >= 15 is 0 Å². The van der Waals surface area contributed by atoms with Gasteiger partial charge in [0.1, 0.15) is 0 Å². The van der Waals surface area contributed by atoms with Gasteiger partial charge in [0.2, 0.25) is 0 Å². The maximum Gasteiger partial charge on any atom is 0.0580 e. The molecule has 126 valence electrons. The van der Waals surface area contributed by atoms with Crippen molar-refractivity contribution in [3.05, 3.63) is 95.1 Å². The first-order valence-corrected chi connectivity index (χ1v) is 8.94. The van der Waals surface area contributed by atoms with Gasteiger partial charge >= 0.3 is 0 Å². The lowest BCUT2D eigenvalue weighted by Gasteiger charge is -2.23. The zero-order valence-electron chi connectivity index (χ0n) is 14.8. The van der Waals surface area contributed by atoms with Gasteiger partial charge in [0, 0.05) is 0 Å². The average Bonchev–Trinajstić information content (AvgIpc) is 2.82. The maximum atomic E-state index is 3.74. The zero-order chi connectivity index (χ0) is 17.2. The van der Waals surface area contributed by atoms with Crippen molar-refractivity contribution in [2.75, 3.05) is 10.6 Å². The monoisotopic (exact) mass is 328 g/mol. The minimum Gasteiger partial charge on any atom is -0.376 e. The summed E-state index contributed by atoms with van der Waals surface area (Å²) in [7, 11) is 0. The zero-order valence-corrected chi connectivity index (χ0v) is 14.8. The Morgan fingerprint density at radius 2 is 1.00 bits per heavy atom. The summed E-state index contributed by atoms with van der Waals surface area (Å²) < 4.78 is 0. The van der Waals surface area contributed by atoms with Gasteiger partial charge in [-0.05, 0) is 43.5 Å². The summed E-state index contributed by atoms with van der Waals surface area (Å²) in [6.07, 6.45) is 1.00. The Labute approximate surface area is 149 Å². The highest BCUT2D eigenvalue weighted by molar-refractivity contribution is 5.71. The third kappa shape index (κ3) is 3.39. The second-order valence-electron chi connectivity index (χ2n) is 7.00. The number of hydrogen-bond donors (Lipinski definition) is 2. The van der Waals surface area contributed by atoms with Crippen LogP contribution >= 0.6 is 0 Å². The molecule has 2 heteroatoms. The third-order valence-corrected chi connectivity index (χ3v) is 5.02. The van der Waals surface area contributed by atoms with Crippen LogP contribution in [0.25, 0.3) is 0 Å². The topological polar surface area (TPSA) is 24.1 Å². The Bertz CT molecular complexity index is 778. The van der Waals surface area contributed by atoms with Crippen molar-refractivity contribution < 1.29 is 0 Å². The molecule has 0 unspecified atom stereocenters. The number of anilines is 2. The molecular formula is C23H24N2. The van der Waals surface area contributed by atoms with E-state index in [9.17, 15) is 0 Å². The van der Waals surface area contributed by atoms with E-state index in [1.165, 1.54) is 33.6 Å². The number of para-hydroxylation sites is 2. The highest BCUT2D eigenvalue weighted by Gasteiger charge is 2.24. The molecule has 0 amide bonds. The van der Waals surface area contributed by atoms with Crippen LogP contribution in [0.15, 0.2) is 72.8 Å². The molecule has 3 aromatic carbocycles. The van der Waals surface area contributed by atoms with E-state index in [1.807, 2.05) is 0 Å². The van der Waals surface area contributed by atoms with Gasteiger partial charge in [0.05, 0.1) is 23.5 Å². The van der Waals surface area contributed by atoms with Crippen molar-refractivity contribution in [1.82, 2.24) is 0 Å². The molecule has 4 rings (SSSR count). The fourth-order valence-corrected chi connectivity index (χ4v) is 3.50. The first-order valence-electron chi connectivity index (χ1n) is 8.94. The van der Waals surface area contributed by atoms with E-state index in [-0.39, 0.29) is 12.1 Å². The molecule has 1 heterocycles. The van der Waals surface area contributed by atoms with Gasteiger partial charge in [0.15, 0.2) is 0 Å². The molecule has 3 aromatic rings. The molecule has 0 saturated heterocycles. The predicted molar refractivity (Wildman–Crippen MR) is 106 cm³/mol. The van der Waals surface area contributed by atoms with Gasteiger partial charge in [-0.3, -0.25) is 0 Å². The van der Waals surface area contributed by atoms with Crippen LogP contribution in [0.2, 0.25) is 0 Å². The van der Waals surface area contributed by atoms with E-state index < -0.39 is 0 Å². The molecule has 2 atom stereocenters. The largest absolute Gasteiger partial charge is 0.376 e. The van der Waals surface area contributed by atoms with E-state index in [1.54, 1.807) is 0 Å². The summed E-state index contributed by atoms with van der Waals surface area (Å²) in [5, 5.41) is 7.49. The predicted octanol–water partition coefficient (Wildman–Crippen LogP) is 6.01. The van der Waals surface area contributed by atoms with Crippen molar-refractivity contribution in [3.63, 3.8) is 0 Å². The van der Waals surface area contributed by atoms with E-state index in [2.05, 4.69) is 97.3 Å². The Balaban J connectivity index is 1.72. The number of nitrogens with one attached hydrogen (secondary N) is 2. The second kappa shape index (κ2) is 6.64. The first kappa shape index (κ1) is 15.8. The molecule has 1 aliphatic heterocycles. The number of aryl methyl sites for hydroxylation is 2. The SMILES string of the molecule is Cc1ccc([C@@H]2C[C@@H](c3ccc(C)cc3)Nc3ccccc3N2)cc1. The van der Waals surface area contributed by atoms with E-state index in [0.29, 0.717) is 0 Å². The highest BCUT2D eigenvalue weighted by Crippen LogP contribution is 2.38. The Morgan fingerprint density at radius 1 is 0.600 bits per heavy atom. The lowest BCUT2D eigenvalue weighted by molar-refractivity contribution is 0.622. The summed E-state index contributed by atoms with van der Waals surface area (Å²) in [5.74, 6) is 0. The van der Waals surface area contributed by atoms with Crippen LogP contribution in [0.5, 0.6) is 0 Å². The number of rotatable bonds is 2. The Hall–Kier alpha value is -2.74. The fourth-order valence-electron chi connectivity index (χ4n) is 3.50. The highest BCUT2D eigenvalue weighted by atomic mass is 15.0. The van der Waals surface area contributed by atoms with E-state index in [4.69, 9.17) is 0 Å². The number of hydrogen-bond acceptors (Lipinski definition) is 2. The van der Waals surface area contributed by atoms with Crippen molar-refractivity contribution in [3.8, 4) is 0 Å². The van der Waals surface area contributed by atoms with Crippen LogP contribution in [-0.4, -0.2) is 0 Å². The van der Waals surface area contributed by atoms with Gasteiger partial charge in [-0.1, -0.05) is 71.8 Å². The van der Waals surface area contributed by atoms with Crippen molar-refractivity contribution in [1.29, 1.82) is 0 Å². The van der Waals surface area contributed by atoms with Crippen molar-refractivity contribution in [2.24, 2.45) is 0 Å². The molecule has 0 aliphatic carbocycles. The second-order valence-corrected chi connectivity index (χ2v) is 7.00. The van der Waals surface area contributed by atoms with Gasteiger partial charge in [-0.25, -0.2) is 0 Å². The molecule has 25 heavy (non-hydrogen) atoms. The smallest absolute Gasteiger partial charge is 0.0580 e. The lowest BCUT2D eigenvalue weighted by atomic mass is 9.94. The molecular weight excluding hydrogens is 304 g/mol. The summed E-state index contributed by atoms with van der Waals surface area (Å²) in [4.78, 5) is 0. The van der Waals surface area contributed by atoms with Gasteiger partial charge < -0.3 is 10.6 Å². The summed E-state index contributed by atoms with van der Waals surface area (Å²) in [6, 6.07) is 26.8. The molecule has 0 bridgehead atoms. The maximum absolute atomic E-state index is 3.74. The van der Waals surface area contributed by atoms with Gasteiger partial charge in [0.25, 0.3) is 0 Å². The minimum atomic E-state index is 0.281. The molecule has 0 spiro atoms. The fraction of sp³-hybridized carbons (Fsp3) is 0.217.